The van der Waals surface area contributed by atoms with Crippen molar-refractivity contribution in [2.24, 2.45) is 29.6 Å². The lowest BCUT2D eigenvalue weighted by molar-refractivity contribution is 0.0374. The maximum Gasteiger partial charge on any atom is 0.0594 e. The van der Waals surface area contributed by atoms with Gasteiger partial charge in [0.05, 0.1) is 13.2 Å². The van der Waals surface area contributed by atoms with Crippen LogP contribution in [0.15, 0.2) is 0 Å². The van der Waals surface area contributed by atoms with Gasteiger partial charge in [0.1, 0.15) is 0 Å². The lowest BCUT2D eigenvalue weighted by atomic mass is 10.0. The van der Waals surface area contributed by atoms with Crippen molar-refractivity contribution in [2.45, 2.75) is 25.7 Å². The molecule has 1 N–H and O–H groups in total. The van der Waals surface area contributed by atoms with Crippen LogP contribution in [0, 0.1) is 29.6 Å². The molecule has 4 aliphatic rings. The summed E-state index contributed by atoms with van der Waals surface area (Å²) in [6.45, 7) is 7.91. The first-order valence-corrected chi connectivity index (χ1v) is 8.44. The highest BCUT2D eigenvalue weighted by Gasteiger charge is 2.64. The fraction of sp³-hybridized carbons (Fsp3) is 1.00. The van der Waals surface area contributed by atoms with Crippen LogP contribution < -0.4 is 5.32 Å². The highest BCUT2D eigenvalue weighted by Crippen LogP contribution is 2.69. The van der Waals surface area contributed by atoms with Gasteiger partial charge in [-0.2, -0.15) is 0 Å². The van der Waals surface area contributed by atoms with E-state index in [9.17, 15) is 0 Å². The van der Waals surface area contributed by atoms with Crippen molar-refractivity contribution in [3.63, 3.8) is 0 Å². The van der Waals surface area contributed by atoms with E-state index in [1.807, 2.05) is 0 Å². The van der Waals surface area contributed by atoms with Crippen molar-refractivity contribution in [1.29, 1.82) is 0 Å². The normalized spacial score (nSPS) is 44.5. The molecule has 0 aromatic heterocycles. The Morgan fingerprint density at radius 1 is 1.05 bits per heavy atom. The molecule has 3 heteroatoms. The van der Waals surface area contributed by atoms with Gasteiger partial charge in [-0.15, -0.1) is 0 Å². The average Bonchev–Trinajstić information content (AvgIpc) is 2.84. The van der Waals surface area contributed by atoms with E-state index in [1.54, 1.807) is 19.3 Å². The van der Waals surface area contributed by atoms with E-state index in [0.717, 1.165) is 55.9 Å². The zero-order valence-corrected chi connectivity index (χ0v) is 12.0. The molecule has 0 aromatic carbocycles. The molecule has 2 bridgehead atoms. The van der Waals surface area contributed by atoms with Crippen molar-refractivity contribution < 1.29 is 4.74 Å². The predicted molar refractivity (Wildman–Crippen MR) is 76.0 cm³/mol. The summed E-state index contributed by atoms with van der Waals surface area (Å²) < 4.78 is 5.38. The number of nitrogens with one attached hydrogen (secondary N) is 1. The number of fused-ring (bicyclic) bond motifs is 5. The monoisotopic (exact) mass is 264 g/mol. The first-order valence-electron chi connectivity index (χ1n) is 8.44. The number of hydrogen-bond donors (Lipinski definition) is 1. The molecule has 108 valence electrons. The number of ether oxygens (including phenoxy) is 1. The molecule has 3 nitrogen and oxygen atoms in total. The molecule has 1 heterocycles. The molecule has 3 saturated carbocycles. The van der Waals surface area contributed by atoms with Gasteiger partial charge in [-0.05, 0) is 74.9 Å². The topological polar surface area (TPSA) is 24.5 Å². The third-order valence-corrected chi connectivity index (χ3v) is 6.21. The Balaban J connectivity index is 1.09. The maximum absolute atomic E-state index is 5.38. The van der Waals surface area contributed by atoms with Crippen LogP contribution in [0.4, 0.5) is 0 Å². The van der Waals surface area contributed by atoms with Gasteiger partial charge >= 0.3 is 0 Å². The van der Waals surface area contributed by atoms with Crippen molar-refractivity contribution in [3.8, 4) is 0 Å². The second-order valence-electron chi connectivity index (χ2n) is 7.16. The quantitative estimate of drug-likeness (QED) is 0.737. The summed E-state index contributed by atoms with van der Waals surface area (Å²) in [4.78, 5) is 2.54. The molecule has 1 saturated heterocycles. The molecular formula is C16H28N2O. The van der Waals surface area contributed by atoms with E-state index in [4.69, 9.17) is 4.74 Å². The lowest BCUT2D eigenvalue weighted by Gasteiger charge is -2.26. The van der Waals surface area contributed by atoms with Gasteiger partial charge in [0.15, 0.2) is 0 Å². The van der Waals surface area contributed by atoms with Crippen LogP contribution in [0.3, 0.4) is 0 Å². The Labute approximate surface area is 117 Å². The molecule has 19 heavy (non-hydrogen) atoms. The SMILES string of the molecule is C(CNCC1C2C3CCC(C3)C12)CN1CCOCC1. The number of nitrogens with zero attached hydrogens (tertiary/aromatic N) is 1. The minimum atomic E-state index is 0.932. The Morgan fingerprint density at radius 3 is 2.53 bits per heavy atom. The van der Waals surface area contributed by atoms with Crippen molar-refractivity contribution in [2.75, 3.05) is 45.9 Å². The van der Waals surface area contributed by atoms with Crippen LogP contribution >= 0.6 is 0 Å². The summed E-state index contributed by atoms with van der Waals surface area (Å²) in [5.74, 6) is 5.62. The Bertz CT molecular complexity index is 300. The maximum atomic E-state index is 5.38. The number of hydrogen-bond acceptors (Lipinski definition) is 3. The van der Waals surface area contributed by atoms with Gasteiger partial charge in [0.2, 0.25) is 0 Å². The minimum absolute atomic E-state index is 0.932. The Morgan fingerprint density at radius 2 is 1.79 bits per heavy atom. The summed E-state index contributed by atoms with van der Waals surface area (Å²) in [7, 11) is 0. The first-order chi connectivity index (χ1) is 9.43. The minimum Gasteiger partial charge on any atom is -0.379 e. The van der Waals surface area contributed by atoms with Crippen LogP contribution in [0.5, 0.6) is 0 Å². The van der Waals surface area contributed by atoms with E-state index in [0.29, 0.717) is 0 Å². The highest BCUT2D eigenvalue weighted by molar-refractivity contribution is 5.13. The second-order valence-corrected chi connectivity index (χ2v) is 7.16. The van der Waals surface area contributed by atoms with Crippen molar-refractivity contribution >= 4 is 0 Å². The standard InChI is InChI=1S/C16H28N2O/c1(5-18-6-8-19-9-7-18)4-17-11-14-15-12-2-3-13(10-12)16(14)15/h12-17H,1-11H2. The van der Waals surface area contributed by atoms with Crippen LogP contribution in [-0.4, -0.2) is 50.8 Å². The van der Waals surface area contributed by atoms with Crippen LogP contribution in [0.25, 0.3) is 0 Å². The first kappa shape index (κ1) is 12.6. The molecule has 4 rings (SSSR count). The number of morpholine rings is 1. The predicted octanol–water partition coefficient (Wildman–Crippen LogP) is 1.59. The van der Waals surface area contributed by atoms with E-state index < -0.39 is 0 Å². The zero-order valence-electron chi connectivity index (χ0n) is 12.0. The molecule has 0 amide bonds. The van der Waals surface area contributed by atoms with Crippen LogP contribution in [0.2, 0.25) is 0 Å². The van der Waals surface area contributed by atoms with E-state index >= 15 is 0 Å². The molecule has 4 atom stereocenters. The van der Waals surface area contributed by atoms with Gasteiger partial charge in [-0.25, -0.2) is 0 Å². The highest BCUT2D eigenvalue weighted by atomic mass is 16.5. The fourth-order valence-corrected chi connectivity index (χ4v) is 5.30. The van der Waals surface area contributed by atoms with Gasteiger partial charge < -0.3 is 10.1 Å². The zero-order chi connectivity index (χ0) is 12.7. The smallest absolute Gasteiger partial charge is 0.0594 e. The van der Waals surface area contributed by atoms with Gasteiger partial charge in [0.25, 0.3) is 0 Å². The van der Waals surface area contributed by atoms with Crippen LogP contribution in [-0.2, 0) is 4.74 Å². The van der Waals surface area contributed by atoms with Crippen molar-refractivity contribution in [1.82, 2.24) is 10.2 Å². The average molecular weight is 264 g/mol. The van der Waals surface area contributed by atoms with E-state index in [2.05, 4.69) is 10.2 Å². The molecule has 1 aliphatic heterocycles. The summed E-state index contributed by atoms with van der Waals surface area (Å²) in [5.41, 5.74) is 0. The van der Waals surface area contributed by atoms with Gasteiger partial charge in [0, 0.05) is 13.1 Å². The largest absolute Gasteiger partial charge is 0.379 e. The molecule has 0 spiro atoms. The Hall–Kier alpha value is -0.120. The fourth-order valence-electron chi connectivity index (χ4n) is 5.30. The third-order valence-electron chi connectivity index (χ3n) is 6.21. The van der Waals surface area contributed by atoms with Gasteiger partial charge in [-0.1, -0.05) is 0 Å². The summed E-state index contributed by atoms with van der Waals surface area (Å²) in [6.07, 6.45) is 6.00. The van der Waals surface area contributed by atoms with Crippen molar-refractivity contribution in [3.05, 3.63) is 0 Å². The molecular weight excluding hydrogens is 236 g/mol. The third kappa shape index (κ3) is 2.45. The van der Waals surface area contributed by atoms with Crippen LogP contribution in [0.1, 0.15) is 25.7 Å². The lowest BCUT2D eigenvalue weighted by Crippen LogP contribution is -2.37. The molecule has 0 radical (unpaired) electrons. The molecule has 4 fully saturated rings. The number of rotatable bonds is 6. The van der Waals surface area contributed by atoms with E-state index in [1.165, 1.54) is 26.1 Å². The summed E-state index contributed by atoms with van der Waals surface area (Å²) in [6, 6.07) is 0. The molecule has 3 aliphatic carbocycles. The van der Waals surface area contributed by atoms with E-state index in [-0.39, 0.29) is 0 Å². The summed E-state index contributed by atoms with van der Waals surface area (Å²) >= 11 is 0. The summed E-state index contributed by atoms with van der Waals surface area (Å²) in [5, 5.41) is 3.73. The second kappa shape index (κ2) is 5.34. The Kier molecular flexibility index (Phi) is 3.55. The molecule has 0 aromatic rings. The molecule has 4 unspecified atom stereocenters. The van der Waals surface area contributed by atoms with Gasteiger partial charge in [-0.3, -0.25) is 4.90 Å².